The van der Waals surface area contributed by atoms with Gasteiger partial charge in [0.2, 0.25) is 0 Å². The van der Waals surface area contributed by atoms with E-state index in [1.165, 1.54) is 5.56 Å². The highest BCUT2D eigenvalue weighted by atomic mass is 32.1. The maximum absolute atomic E-state index is 5.62. The number of benzene rings is 1. The quantitative estimate of drug-likeness (QED) is 0.634. The van der Waals surface area contributed by atoms with Crippen LogP contribution in [0.3, 0.4) is 0 Å². The van der Waals surface area contributed by atoms with Crippen LogP contribution in [-0.4, -0.2) is 24.9 Å². The Kier molecular flexibility index (Phi) is 4.92. The first-order valence-electron chi connectivity index (χ1n) is 6.33. The van der Waals surface area contributed by atoms with Gasteiger partial charge in [-0.2, -0.15) is 0 Å². The van der Waals surface area contributed by atoms with Crippen molar-refractivity contribution in [1.29, 1.82) is 0 Å². The van der Waals surface area contributed by atoms with Crippen LogP contribution in [0.4, 0.5) is 0 Å². The minimum Gasteiger partial charge on any atom is -0.490 e. The molecular formula is C14H20O3S. The van der Waals surface area contributed by atoms with E-state index in [4.69, 9.17) is 14.2 Å². The molecule has 4 heteroatoms. The van der Waals surface area contributed by atoms with Gasteiger partial charge in [0, 0.05) is 6.42 Å². The molecule has 0 amide bonds. The minimum atomic E-state index is -0.250. The SMILES string of the molecule is CC(C)c1ccc(OCC(S)OC2CCO2)cc1. The van der Waals surface area contributed by atoms with Gasteiger partial charge in [0.05, 0.1) is 6.61 Å². The van der Waals surface area contributed by atoms with Crippen molar-refractivity contribution in [3.05, 3.63) is 29.8 Å². The molecule has 2 unspecified atom stereocenters. The molecule has 2 atom stereocenters. The highest BCUT2D eigenvalue weighted by Crippen LogP contribution is 2.20. The summed E-state index contributed by atoms with van der Waals surface area (Å²) < 4.78 is 16.3. The van der Waals surface area contributed by atoms with E-state index in [2.05, 4.69) is 38.6 Å². The second kappa shape index (κ2) is 6.45. The average Bonchev–Trinajstić information content (AvgIpc) is 2.32. The van der Waals surface area contributed by atoms with Crippen molar-refractivity contribution < 1.29 is 14.2 Å². The molecule has 100 valence electrons. The van der Waals surface area contributed by atoms with E-state index >= 15 is 0 Å². The van der Waals surface area contributed by atoms with Crippen molar-refractivity contribution in [2.24, 2.45) is 0 Å². The van der Waals surface area contributed by atoms with Gasteiger partial charge in [0.1, 0.15) is 17.8 Å². The Balaban J connectivity index is 1.74. The fourth-order valence-electron chi connectivity index (χ4n) is 1.65. The van der Waals surface area contributed by atoms with Crippen LogP contribution in [0.1, 0.15) is 31.7 Å². The summed E-state index contributed by atoms with van der Waals surface area (Å²) in [5, 5.41) is 0. The van der Waals surface area contributed by atoms with Gasteiger partial charge in [-0.25, -0.2) is 0 Å². The number of thiol groups is 1. The summed E-state index contributed by atoms with van der Waals surface area (Å²) in [6.07, 6.45) is 0.847. The van der Waals surface area contributed by atoms with Crippen LogP contribution in [0, 0.1) is 0 Å². The highest BCUT2D eigenvalue weighted by molar-refractivity contribution is 7.80. The number of rotatable bonds is 6. The summed E-state index contributed by atoms with van der Waals surface area (Å²) in [7, 11) is 0. The van der Waals surface area contributed by atoms with Crippen molar-refractivity contribution in [3.8, 4) is 5.75 Å². The Morgan fingerprint density at radius 1 is 1.33 bits per heavy atom. The monoisotopic (exact) mass is 268 g/mol. The fourth-order valence-corrected chi connectivity index (χ4v) is 1.86. The Labute approximate surface area is 114 Å². The standard InChI is InChI=1S/C14H20O3S/c1-10(2)11-3-5-12(6-4-11)16-9-14(18)17-13-7-8-15-13/h3-6,10,13-14,18H,7-9H2,1-2H3. The maximum atomic E-state index is 5.62. The molecule has 1 aliphatic heterocycles. The molecule has 0 bridgehead atoms. The summed E-state index contributed by atoms with van der Waals surface area (Å²) in [6, 6.07) is 8.14. The van der Waals surface area contributed by atoms with E-state index in [0.29, 0.717) is 12.5 Å². The zero-order valence-corrected chi connectivity index (χ0v) is 11.7. The third kappa shape index (κ3) is 3.90. The van der Waals surface area contributed by atoms with Crippen molar-refractivity contribution in [1.82, 2.24) is 0 Å². The van der Waals surface area contributed by atoms with Gasteiger partial charge in [0.25, 0.3) is 0 Å². The van der Waals surface area contributed by atoms with Gasteiger partial charge in [0.15, 0.2) is 6.29 Å². The number of hydrogen-bond donors (Lipinski definition) is 1. The molecule has 2 rings (SSSR count). The molecule has 3 nitrogen and oxygen atoms in total. The van der Waals surface area contributed by atoms with Crippen LogP contribution in [0.15, 0.2) is 24.3 Å². The molecule has 0 N–H and O–H groups in total. The molecule has 1 aromatic carbocycles. The summed E-state index contributed by atoms with van der Waals surface area (Å²) in [5.74, 6) is 1.38. The van der Waals surface area contributed by atoms with Crippen LogP contribution >= 0.6 is 12.6 Å². The number of ether oxygens (including phenoxy) is 3. The molecule has 1 aromatic rings. The van der Waals surface area contributed by atoms with E-state index < -0.39 is 0 Å². The Hall–Kier alpha value is -0.710. The zero-order chi connectivity index (χ0) is 13.0. The molecule has 0 aliphatic carbocycles. The largest absolute Gasteiger partial charge is 0.490 e. The molecule has 1 heterocycles. The van der Waals surface area contributed by atoms with Gasteiger partial charge < -0.3 is 14.2 Å². The van der Waals surface area contributed by atoms with Gasteiger partial charge in [-0.05, 0) is 23.6 Å². The normalized spacial score (nSPS) is 20.6. The smallest absolute Gasteiger partial charge is 0.161 e. The minimum absolute atomic E-state index is 0.0978. The summed E-state index contributed by atoms with van der Waals surface area (Å²) in [4.78, 5) is 0. The molecule has 18 heavy (non-hydrogen) atoms. The van der Waals surface area contributed by atoms with Gasteiger partial charge in [-0.1, -0.05) is 26.0 Å². The molecule has 1 fully saturated rings. The van der Waals surface area contributed by atoms with Crippen LogP contribution in [0.2, 0.25) is 0 Å². The van der Waals surface area contributed by atoms with Gasteiger partial charge in [-0.15, -0.1) is 12.6 Å². The van der Waals surface area contributed by atoms with Crippen LogP contribution < -0.4 is 4.74 Å². The summed E-state index contributed by atoms with van der Waals surface area (Å²) in [5.41, 5.74) is 1.06. The third-order valence-corrected chi connectivity index (χ3v) is 3.18. The predicted molar refractivity (Wildman–Crippen MR) is 74.2 cm³/mol. The molecule has 1 saturated heterocycles. The van der Waals surface area contributed by atoms with Crippen LogP contribution in [0.5, 0.6) is 5.75 Å². The van der Waals surface area contributed by atoms with E-state index in [1.54, 1.807) is 0 Å². The van der Waals surface area contributed by atoms with E-state index in [1.807, 2.05) is 12.1 Å². The molecule has 0 radical (unpaired) electrons. The van der Waals surface area contributed by atoms with Gasteiger partial charge >= 0.3 is 0 Å². The Morgan fingerprint density at radius 3 is 2.50 bits per heavy atom. The Morgan fingerprint density at radius 2 is 2.00 bits per heavy atom. The van der Waals surface area contributed by atoms with Crippen molar-refractivity contribution in [2.75, 3.05) is 13.2 Å². The second-order valence-corrected chi connectivity index (χ2v) is 5.29. The second-order valence-electron chi connectivity index (χ2n) is 4.71. The van der Waals surface area contributed by atoms with E-state index in [0.717, 1.165) is 18.8 Å². The average molecular weight is 268 g/mol. The first kappa shape index (κ1) is 13.7. The fraction of sp³-hybridized carbons (Fsp3) is 0.571. The third-order valence-electron chi connectivity index (χ3n) is 2.91. The van der Waals surface area contributed by atoms with Crippen molar-refractivity contribution >= 4 is 12.6 Å². The van der Waals surface area contributed by atoms with Crippen molar-refractivity contribution in [2.45, 2.75) is 37.9 Å². The first-order chi connectivity index (χ1) is 8.65. The summed E-state index contributed by atoms with van der Waals surface area (Å²) in [6.45, 7) is 5.55. The molecule has 0 saturated carbocycles. The van der Waals surface area contributed by atoms with Crippen LogP contribution in [0.25, 0.3) is 0 Å². The lowest BCUT2D eigenvalue weighted by Gasteiger charge is -2.28. The molecule has 1 aliphatic rings. The molecule has 0 aromatic heterocycles. The van der Waals surface area contributed by atoms with Crippen molar-refractivity contribution in [3.63, 3.8) is 0 Å². The topological polar surface area (TPSA) is 27.7 Å². The number of hydrogen-bond acceptors (Lipinski definition) is 4. The van der Waals surface area contributed by atoms with Crippen LogP contribution in [-0.2, 0) is 9.47 Å². The predicted octanol–water partition coefficient (Wildman–Crippen LogP) is 3.21. The lowest BCUT2D eigenvalue weighted by molar-refractivity contribution is -0.223. The molecular weight excluding hydrogens is 248 g/mol. The highest BCUT2D eigenvalue weighted by Gasteiger charge is 2.21. The summed E-state index contributed by atoms with van der Waals surface area (Å²) >= 11 is 4.31. The zero-order valence-electron chi connectivity index (χ0n) is 10.8. The Bertz CT molecular complexity index is 360. The lowest BCUT2D eigenvalue weighted by atomic mass is 10.0. The first-order valence-corrected chi connectivity index (χ1v) is 6.84. The van der Waals surface area contributed by atoms with E-state index in [-0.39, 0.29) is 11.7 Å². The van der Waals surface area contributed by atoms with Gasteiger partial charge in [-0.3, -0.25) is 0 Å². The molecule has 0 spiro atoms. The lowest BCUT2D eigenvalue weighted by Crippen LogP contribution is -2.33. The van der Waals surface area contributed by atoms with E-state index in [9.17, 15) is 0 Å². The maximum Gasteiger partial charge on any atom is 0.161 e.